The van der Waals surface area contributed by atoms with Crippen LogP contribution in [-0.4, -0.2) is 26.9 Å². The summed E-state index contributed by atoms with van der Waals surface area (Å²) in [4.78, 5) is 23.9. The first-order valence-electron chi connectivity index (χ1n) is 6.56. The number of fused-ring (bicyclic) bond motifs is 1. The van der Waals surface area contributed by atoms with Crippen molar-refractivity contribution in [2.75, 3.05) is 11.1 Å². The molecule has 7 nitrogen and oxygen atoms in total. The number of nitrogens with zero attached hydrogens (tertiary/aromatic N) is 3. The quantitative estimate of drug-likeness (QED) is 0.724. The minimum Gasteiger partial charge on any atom is -0.368 e. The predicted molar refractivity (Wildman–Crippen MR) is 77.9 cm³/mol. The van der Waals surface area contributed by atoms with Gasteiger partial charge in [0.2, 0.25) is 11.9 Å². The van der Waals surface area contributed by atoms with Gasteiger partial charge < -0.3 is 16.8 Å². The summed E-state index contributed by atoms with van der Waals surface area (Å²) in [6, 6.07) is 3.06. The molecule has 20 heavy (non-hydrogen) atoms. The largest absolute Gasteiger partial charge is 0.368 e. The molecule has 0 aliphatic heterocycles. The third kappa shape index (κ3) is 3.11. The predicted octanol–water partition coefficient (Wildman–Crippen LogP) is 1.06. The smallest absolute Gasteiger partial charge is 0.239 e. The van der Waals surface area contributed by atoms with Crippen molar-refractivity contribution in [1.29, 1.82) is 0 Å². The Balaban J connectivity index is 2.33. The van der Waals surface area contributed by atoms with Gasteiger partial charge in [-0.2, -0.15) is 4.98 Å². The van der Waals surface area contributed by atoms with Crippen LogP contribution in [0.25, 0.3) is 11.0 Å². The van der Waals surface area contributed by atoms with Crippen LogP contribution in [0.1, 0.15) is 26.2 Å². The first kappa shape index (κ1) is 14.0. The highest BCUT2D eigenvalue weighted by Gasteiger charge is 2.17. The van der Waals surface area contributed by atoms with Gasteiger partial charge in [-0.15, -0.1) is 0 Å². The van der Waals surface area contributed by atoms with Gasteiger partial charge in [0.15, 0.2) is 5.82 Å². The molecule has 0 radical (unpaired) electrons. The van der Waals surface area contributed by atoms with Crippen molar-refractivity contribution in [3.8, 4) is 0 Å². The second-order valence-electron chi connectivity index (χ2n) is 4.54. The fraction of sp³-hybridized carbons (Fsp3) is 0.385. The van der Waals surface area contributed by atoms with Crippen molar-refractivity contribution in [2.24, 2.45) is 5.73 Å². The second-order valence-corrected chi connectivity index (χ2v) is 4.54. The van der Waals surface area contributed by atoms with Crippen LogP contribution in [-0.2, 0) is 4.79 Å². The van der Waals surface area contributed by atoms with E-state index < -0.39 is 11.9 Å². The zero-order chi connectivity index (χ0) is 14.5. The van der Waals surface area contributed by atoms with Crippen molar-refractivity contribution in [1.82, 2.24) is 15.0 Å². The summed E-state index contributed by atoms with van der Waals surface area (Å²) >= 11 is 0. The lowest BCUT2D eigenvalue weighted by molar-refractivity contribution is -0.118. The van der Waals surface area contributed by atoms with Crippen LogP contribution in [0.3, 0.4) is 0 Å². The minimum atomic E-state index is -0.491. The monoisotopic (exact) mass is 274 g/mol. The normalized spacial score (nSPS) is 12.2. The average molecular weight is 274 g/mol. The van der Waals surface area contributed by atoms with Gasteiger partial charge >= 0.3 is 0 Å². The van der Waals surface area contributed by atoms with Crippen molar-refractivity contribution >= 4 is 28.7 Å². The van der Waals surface area contributed by atoms with Crippen LogP contribution >= 0.6 is 0 Å². The number of nitrogens with two attached hydrogens (primary N) is 2. The third-order valence-electron chi connectivity index (χ3n) is 2.97. The van der Waals surface area contributed by atoms with E-state index in [1.54, 1.807) is 18.3 Å². The maximum absolute atomic E-state index is 11.5. The van der Waals surface area contributed by atoms with Gasteiger partial charge in [-0.1, -0.05) is 19.8 Å². The van der Waals surface area contributed by atoms with Crippen LogP contribution in [0, 0.1) is 0 Å². The number of rotatable bonds is 6. The van der Waals surface area contributed by atoms with E-state index in [9.17, 15) is 4.79 Å². The van der Waals surface area contributed by atoms with Crippen molar-refractivity contribution in [3.63, 3.8) is 0 Å². The van der Waals surface area contributed by atoms with E-state index in [0.29, 0.717) is 23.3 Å². The van der Waals surface area contributed by atoms with Crippen molar-refractivity contribution in [3.05, 3.63) is 18.3 Å². The molecule has 7 heteroatoms. The zero-order valence-corrected chi connectivity index (χ0v) is 11.3. The van der Waals surface area contributed by atoms with E-state index in [1.165, 1.54) is 0 Å². The third-order valence-corrected chi connectivity index (χ3v) is 2.97. The molecule has 0 saturated carbocycles. The van der Waals surface area contributed by atoms with E-state index in [-0.39, 0.29) is 5.95 Å². The van der Waals surface area contributed by atoms with Gasteiger partial charge in [-0.05, 0) is 18.6 Å². The Bertz CT molecular complexity index is 615. The summed E-state index contributed by atoms with van der Waals surface area (Å²) in [5.74, 6) is 0.152. The highest BCUT2D eigenvalue weighted by molar-refractivity contribution is 5.89. The molecule has 106 valence electrons. The maximum atomic E-state index is 11.5. The van der Waals surface area contributed by atoms with Crippen LogP contribution in [0.2, 0.25) is 0 Å². The number of amides is 1. The van der Waals surface area contributed by atoms with E-state index in [2.05, 4.69) is 27.2 Å². The van der Waals surface area contributed by atoms with Gasteiger partial charge in [0, 0.05) is 6.20 Å². The Hall–Kier alpha value is -2.44. The van der Waals surface area contributed by atoms with Crippen LogP contribution in [0.5, 0.6) is 0 Å². The summed E-state index contributed by atoms with van der Waals surface area (Å²) in [6.45, 7) is 2.05. The van der Waals surface area contributed by atoms with Crippen LogP contribution in [0.15, 0.2) is 18.3 Å². The Morgan fingerprint density at radius 1 is 1.45 bits per heavy atom. The van der Waals surface area contributed by atoms with E-state index in [0.717, 1.165) is 12.8 Å². The molecule has 1 atom stereocenters. The standard InChI is InChI=1S/C13H18N6O/c1-2-3-5-9(11(14)20)17-12-10-8(6-4-7-16-10)18-13(15)19-12/h4,6-7,9H,2-3,5H2,1H3,(H2,14,20)(H3,15,17,18,19)/t9-/m1/s1. The van der Waals surface area contributed by atoms with Crippen LogP contribution in [0.4, 0.5) is 11.8 Å². The topological polar surface area (TPSA) is 120 Å². The molecule has 0 spiro atoms. The number of pyridine rings is 1. The number of hydrogen-bond donors (Lipinski definition) is 3. The number of primary amides is 1. The first-order valence-corrected chi connectivity index (χ1v) is 6.56. The molecule has 2 aromatic rings. The summed E-state index contributed by atoms with van der Waals surface area (Å²) in [5, 5.41) is 3.03. The number of nitrogen functional groups attached to an aromatic ring is 1. The number of carbonyl (C=O) groups excluding carboxylic acids is 1. The van der Waals surface area contributed by atoms with E-state index in [4.69, 9.17) is 11.5 Å². The molecule has 0 unspecified atom stereocenters. The molecule has 2 aromatic heterocycles. The Morgan fingerprint density at radius 3 is 2.95 bits per heavy atom. The summed E-state index contributed by atoms with van der Waals surface area (Å²) in [6.07, 6.45) is 4.16. The lowest BCUT2D eigenvalue weighted by atomic mass is 10.1. The Morgan fingerprint density at radius 2 is 2.25 bits per heavy atom. The Labute approximate surface area is 116 Å². The highest BCUT2D eigenvalue weighted by Crippen LogP contribution is 2.20. The fourth-order valence-electron chi connectivity index (χ4n) is 1.94. The molecule has 2 rings (SSSR count). The highest BCUT2D eigenvalue weighted by atomic mass is 16.1. The number of anilines is 2. The average Bonchev–Trinajstić information content (AvgIpc) is 2.42. The molecular weight excluding hydrogens is 256 g/mol. The Kier molecular flexibility index (Phi) is 4.29. The molecule has 2 heterocycles. The molecular formula is C13H18N6O. The number of nitrogens with one attached hydrogen (secondary N) is 1. The SMILES string of the molecule is CCCC[C@@H](Nc1nc(N)nc2cccnc12)C(N)=O. The van der Waals surface area contributed by atoms with E-state index >= 15 is 0 Å². The molecule has 0 aromatic carbocycles. The van der Waals surface area contributed by atoms with Crippen LogP contribution < -0.4 is 16.8 Å². The number of aromatic nitrogens is 3. The van der Waals surface area contributed by atoms with Crippen molar-refractivity contribution < 1.29 is 4.79 Å². The summed E-state index contributed by atoms with van der Waals surface area (Å²) in [5.41, 5.74) is 12.3. The lowest BCUT2D eigenvalue weighted by Crippen LogP contribution is -2.35. The zero-order valence-electron chi connectivity index (χ0n) is 11.3. The number of hydrogen-bond acceptors (Lipinski definition) is 6. The fourth-order valence-corrected chi connectivity index (χ4v) is 1.94. The van der Waals surface area contributed by atoms with E-state index in [1.807, 2.05) is 0 Å². The van der Waals surface area contributed by atoms with Gasteiger partial charge in [0.25, 0.3) is 0 Å². The lowest BCUT2D eigenvalue weighted by Gasteiger charge is -2.16. The first-order chi connectivity index (χ1) is 9.61. The molecule has 1 amide bonds. The molecule has 0 fully saturated rings. The molecule has 0 bridgehead atoms. The van der Waals surface area contributed by atoms with Gasteiger partial charge in [0.1, 0.15) is 11.6 Å². The molecule has 0 aliphatic carbocycles. The second kappa shape index (κ2) is 6.14. The number of unbranched alkanes of at least 4 members (excludes halogenated alkanes) is 1. The molecule has 0 aliphatic rings. The van der Waals surface area contributed by atoms with Gasteiger partial charge in [-0.25, -0.2) is 4.98 Å². The number of carbonyl (C=O) groups is 1. The summed E-state index contributed by atoms with van der Waals surface area (Å²) in [7, 11) is 0. The summed E-state index contributed by atoms with van der Waals surface area (Å²) < 4.78 is 0. The maximum Gasteiger partial charge on any atom is 0.239 e. The van der Waals surface area contributed by atoms with Gasteiger partial charge in [0.05, 0.1) is 5.52 Å². The molecule has 5 N–H and O–H groups in total. The van der Waals surface area contributed by atoms with Gasteiger partial charge in [-0.3, -0.25) is 9.78 Å². The molecule has 0 saturated heterocycles. The van der Waals surface area contributed by atoms with Crippen molar-refractivity contribution in [2.45, 2.75) is 32.2 Å². The minimum absolute atomic E-state index is 0.131.